The van der Waals surface area contributed by atoms with Crippen molar-refractivity contribution in [2.75, 3.05) is 88.5 Å². The van der Waals surface area contributed by atoms with Gasteiger partial charge in [-0.15, -0.1) is 0 Å². The molecule has 3 N–H and O–H groups in total. The molecule has 1 unspecified atom stereocenters. The van der Waals surface area contributed by atoms with Crippen LogP contribution in [0.5, 0.6) is 0 Å². The molecule has 6 rings (SSSR count). The lowest BCUT2D eigenvalue weighted by atomic mass is 9.90. The van der Waals surface area contributed by atoms with Crippen molar-refractivity contribution in [2.45, 2.75) is 63.1 Å². The highest BCUT2D eigenvalue weighted by molar-refractivity contribution is 5.87. The SMILES string of the molecule is C=CC(=O)N1CCN([C@@H]2CN3c4cc(N5CCC/C(=C(\C)CN)NCC6(COC6)OCC5)nc(C(F)F)c4CCCC23)CC1. The van der Waals surface area contributed by atoms with Crippen molar-refractivity contribution in [1.82, 2.24) is 20.1 Å². The molecule has 2 atom stereocenters. The number of ether oxygens (including phenoxy) is 2. The normalized spacial score (nSPS) is 27.2. The predicted molar refractivity (Wildman–Crippen MR) is 166 cm³/mol. The van der Waals surface area contributed by atoms with Gasteiger partial charge in [-0.3, -0.25) is 9.69 Å². The van der Waals surface area contributed by atoms with E-state index in [9.17, 15) is 13.6 Å². The summed E-state index contributed by atoms with van der Waals surface area (Å²) in [4.78, 5) is 25.5. The number of fused-ring (bicyclic) bond motifs is 3. The fourth-order valence-corrected chi connectivity index (χ4v) is 7.39. The molecule has 1 spiro atoms. The van der Waals surface area contributed by atoms with E-state index in [1.165, 1.54) is 6.08 Å². The van der Waals surface area contributed by atoms with Crippen LogP contribution in [-0.4, -0.2) is 117 Å². The Labute approximate surface area is 259 Å². The summed E-state index contributed by atoms with van der Waals surface area (Å²) in [5.74, 6) is 0.573. The number of alkyl halides is 2. The van der Waals surface area contributed by atoms with Crippen molar-refractivity contribution in [3.63, 3.8) is 0 Å². The number of amides is 1. The molecule has 6 heterocycles. The van der Waals surface area contributed by atoms with Gasteiger partial charge >= 0.3 is 0 Å². The minimum atomic E-state index is -2.64. The second kappa shape index (κ2) is 13.3. The summed E-state index contributed by atoms with van der Waals surface area (Å²) in [5, 5.41) is 3.57. The molecule has 0 aromatic carbocycles. The number of piperazine rings is 1. The van der Waals surface area contributed by atoms with Crippen molar-refractivity contribution in [2.24, 2.45) is 5.73 Å². The third-order valence-electron chi connectivity index (χ3n) is 10.2. The third kappa shape index (κ3) is 6.18. The Morgan fingerprint density at radius 2 is 1.98 bits per heavy atom. The molecule has 4 saturated heterocycles. The molecular weight excluding hydrogens is 568 g/mol. The quantitative estimate of drug-likeness (QED) is 0.484. The second-order valence-corrected chi connectivity index (χ2v) is 12.8. The van der Waals surface area contributed by atoms with E-state index in [-0.39, 0.29) is 17.6 Å². The van der Waals surface area contributed by atoms with Gasteiger partial charge in [0.1, 0.15) is 17.1 Å². The van der Waals surface area contributed by atoms with Gasteiger partial charge in [-0.05, 0) is 50.7 Å². The van der Waals surface area contributed by atoms with Crippen LogP contribution in [0.1, 0.15) is 50.3 Å². The second-order valence-electron chi connectivity index (χ2n) is 12.8. The molecule has 10 nitrogen and oxygen atoms in total. The van der Waals surface area contributed by atoms with Crippen LogP contribution in [-0.2, 0) is 20.7 Å². The maximum atomic E-state index is 14.6. The maximum absolute atomic E-state index is 14.6. The molecule has 1 aromatic heterocycles. The van der Waals surface area contributed by atoms with Crippen LogP contribution in [0.3, 0.4) is 0 Å². The molecule has 0 saturated carbocycles. The van der Waals surface area contributed by atoms with Crippen molar-refractivity contribution in [3.8, 4) is 0 Å². The van der Waals surface area contributed by atoms with Crippen LogP contribution in [0.2, 0.25) is 0 Å². The topological polar surface area (TPSA) is 99.4 Å². The van der Waals surface area contributed by atoms with Crippen LogP contribution in [0.4, 0.5) is 20.3 Å². The first kappa shape index (κ1) is 31.2. The average Bonchev–Trinajstić information content (AvgIpc) is 3.17. The van der Waals surface area contributed by atoms with Crippen molar-refractivity contribution < 1.29 is 23.0 Å². The van der Waals surface area contributed by atoms with Gasteiger partial charge < -0.3 is 35.2 Å². The van der Waals surface area contributed by atoms with Crippen LogP contribution in [0.15, 0.2) is 30.0 Å². The van der Waals surface area contributed by atoms with Gasteiger partial charge in [-0.1, -0.05) is 6.58 Å². The number of nitrogens with one attached hydrogen (secondary N) is 1. The van der Waals surface area contributed by atoms with Crippen molar-refractivity contribution in [1.29, 1.82) is 0 Å². The summed E-state index contributed by atoms with van der Waals surface area (Å²) < 4.78 is 41.1. The number of halogens is 2. The fraction of sp³-hybridized carbons (Fsp3) is 0.688. The highest BCUT2D eigenvalue weighted by Gasteiger charge is 2.46. The van der Waals surface area contributed by atoms with E-state index < -0.39 is 12.0 Å². The summed E-state index contributed by atoms with van der Waals surface area (Å²) >= 11 is 0. The number of rotatable bonds is 5. The van der Waals surface area contributed by atoms with E-state index in [0.29, 0.717) is 82.9 Å². The lowest BCUT2D eigenvalue weighted by molar-refractivity contribution is -0.204. The fourth-order valence-electron chi connectivity index (χ4n) is 7.39. The van der Waals surface area contributed by atoms with Gasteiger partial charge in [0.25, 0.3) is 6.43 Å². The number of hydrogen-bond acceptors (Lipinski definition) is 9. The lowest BCUT2D eigenvalue weighted by Crippen LogP contribution is -2.69. The zero-order valence-corrected chi connectivity index (χ0v) is 25.9. The number of pyridine rings is 1. The van der Waals surface area contributed by atoms with Gasteiger partial charge in [-0.2, -0.15) is 0 Å². The Hall–Kier alpha value is -2.80. The third-order valence-corrected chi connectivity index (χ3v) is 10.2. The van der Waals surface area contributed by atoms with Crippen LogP contribution < -0.4 is 20.9 Å². The highest BCUT2D eigenvalue weighted by atomic mass is 19.3. The number of anilines is 2. The molecule has 1 amide bonds. The van der Waals surface area contributed by atoms with Gasteiger partial charge in [0.2, 0.25) is 5.91 Å². The number of allylic oxidation sites excluding steroid dienone is 1. The Bertz CT molecular complexity index is 1250. The first-order valence-corrected chi connectivity index (χ1v) is 16.2. The van der Waals surface area contributed by atoms with Gasteiger partial charge in [-0.25, -0.2) is 13.8 Å². The average molecular weight is 616 g/mol. The van der Waals surface area contributed by atoms with E-state index in [4.69, 9.17) is 15.2 Å². The lowest BCUT2D eigenvalue weighted by Gasteiger charge is -2.55. The van der Waals surface area contributed by atoms with Crippen LogP contribution >= 0.6 is 0 Å². The van der Waals surface area contributed by atoms with Gasteiger partial charge in [0.05, 0.1) is 19.8 Å². The van der Waals surface area contributed by atoms with Gasteiger partial charge in [0, 0.05) is 94.0 Å². The Kier molecular flexibility index (Phi) is 9.42. The van der Waals surface area contributed by atoms with Crippen LogP contribution in [0, 0.1) is 0 Å². The summed E-state index contributed by atoms with van der Waals surface area (Å²) in [5.41, 5.74) is 9.34. The molecule has 5 aliphatic rings. The first-order chi connectivity index (χ1) is 21.3. The summed E-state index contributed by atoms with van der Waals surface area (Å²) in [6.07, 6.45) is 2.79. The minimum Gasteiger partial charge on any atom is -0.385 e. The standard InChI is InChI=1S/C32H47F2N7O3/c1-3-29(42)40-12-10-38(11-13-40)27-18-41-25(27)8-4-6-23-26(41)16-28(37-30(23)31(33)34)39-9-5-7-24(22(2)17-35)36-19-32(20-43-21-32)44-15-14-39/h3,16,25,27,31,36H,1,4-15,17-21,35H2,2H3/b24-22-/t25?,27-/m1/s1. The van der Waals surface area contributed by atoms with Gasteiger partial charge in [0.15, 0.2) is 0 Å². The van der Waals surface area contributed by atoms with E-state index in [2.05, 4.69) is 37.6 Å². The number of nitrogens with two attached hydrogens (primary N) is 1. The number of hydrogen-bond donors (Lipinski definition) is 2. The summed E-state index contributed by atoms with van der Waals surface area (Å²) in [6.45, 7) is 13.3. The summed E-state index contributed by atoms with van der Waals surface area (Å²) in [6, 6.07) is 2.67. The number of nitrogens with zero attached hydrogens (tertiary/aromatic N) is 5. The summed E-state index contributed by atoms with van der Waals surface area (Å²) in [7, 11) is 0. The molecule has 242 valence electrons. The number of carbonyl (C=O) groups is 1. The molecular formula is C32H47F2N7O3. The first-order valence-electron chi connectivity index (χ1n) is 16.2. The van der Waals surface area contributed by atoms with E-state index in [0.717, 1.165) is 62.3 Å². The zero-order valence-electron chi connectivity index (χ0n) is 25.9. The molecule has 0 radical (unpaired) electrons. The van der Waals surface area contributed by atoms with E-state index in [1.807, 2.05) is 11.8 Å². The van der Waals surface area contributed by atoms with Crippen molar-refractivity contribution >= 4 is 17.4 Å². The zero-order chi connectivity index (χ0) is 30.8. The minimum absolute atomic E-state index is 0.0198. The van der Waals surface area contributed by atoms with Crippen LogP contribution in [0.25, 0.3) is 0 Å². The Morgan fingerprint density at radius 3 is 2.66 bits per heavy atom. The monoisotopic (exact) mass is 615 g/mol. The molecule has 0 bridgehead atoms. The Morgan fingerprint density at radius 1 is 1.18 bits per heavy atom. The molecule has 5 aliphatic heterocycles. The molecule has 12 heteroatoms. The van der Waals surface area contributed by atoms with E-state index >= 15 is 0 Å². The maximum Gasteiger partial charge on any atom is 0.280 e. The largest absolute Gasteiger partial charge is 0.385 e. The smallest absolute Gasteiger partial charge is 0.280 e. The number of aromatic nitrogens is 1. The molecule has 44 heavy (non-hydrogen) atoms. The predicted octanol–water partition coefficient (Wildman–Crippen LogP) is 2.45. The number of carbonyl (C=O) groups excluding carboxylic acids is 1. The van der Waals surface area contributed by atoms with E-state index in [1.54, 1.807) is 0 Å². The van der Waals surface area contributed by atoms with Crippen molar-refractivity contribution in [3.05, 3.63) is 41.2 Å². The molecule has 0 aliphatic carbocycles. The molecule has 4 fully saturated rings. The molecule has 1 aromatic rings. The Balaban J connectivity index is 1.23. The highest BCUT2D eigenvalue weighted by Crippen LogP contribution is 2.43.